The van der Waals surface area contributed by atoms with Gasteiger partial charge >= 0.3 is 6.03 Å². The van der Waals surface area contributed by atoms with E-state index in [0.717, 1.165) is 0 Å². The molecule has 0 aliphatic carbocycles. The van der Waals surface area contributed by atoms with Crippen LogP contribution < -0.4 is 5.32 Å². The lowest BCUT2D eigenvalue weighted by molar-refractivity contribution is 0.199. The maximum atomic E-state index is 13.9. The molecule has 0 radical (unpaired) electrons. The number of nitrogens with zero attached hydrogens (tertiary/aromatic N) is 3. The Balaban J connectivity index is 1.82. The third kappa shape index (κ3) is 4.19. The number of carbonyl (C=O) groups excluding carboxylic acids is 1. The van der Waals surface area contributed by atoms with Crippen LogP contribution in [0.3, 0.4) is 0 Å². The summed E-state index contributed by atoms with van der Waals surface area (Å²) < 4.78 is 32.7. The first-order chi connectivity index (χ1) is 14.8. The van der Waals surface area contributed by atoms with Gasteiger partial charge in [0.25, 0.3) is 5.89 Å². The lowest BCUT2D eigenvalue weighted by Crippen LogP contribution is -2.47. The van der Waals surface area contributed by atoms with E-state index < -0.39 is 11.9 Å². The minimum Gasteiger partial charge on any atom is -0.334 e. The predicted octanol–water partition coefficient (Wildman–Crippen LogP) is 5.17. The van der Waals surface area contributed by atoms with Crippen molar-refractivity contribution in [2.45, 2.75) is 26.8 Å². The SMILES string of the molecule is CC1=C(c2nc(-c3ccc(F)cc3)no2)C(c2cccc(F)c2)NC(=O)N1CC(C)C. The van der Waals surface area contributed by atoms with Gasteiger partial charge in [-0.15, -0.1) is 0 Å². The van der Waals surface area contributed by atoms with E-state index in [1.807, 2.05) is 20.8 Å². The first kappa shape index (κ1) is 20.7. The van der Waals surface area contributed by atoms with Gasteiger partial charge < -0.3 is 9.84 Å². The summed E-state index contributed by atoms with van der Waals surface area (Å²) in [6.45, 7) is 6.33. The van der Waals surface area contributed by atoms with E-state index in [4.69, 9.17) is 4.52 Å². The van der Waals surface area contributed by atoms with E-state index in [1.54, 1.807) is 29.2 Å². The average molecular weight is 424 g/mol. The number of hydrogen-bond donors (Lipinski definition) is 1. The van der Waals surface area contributed by atoms with Crippen LogP contribution in [0.2, 0.25) is 0 Å². The van der Waals surface area contributed by atoms with Crippen LogP contribution in [0.1, 0.15) is 38.3 Å². The summed E-state index contributed by atoms with van der Waals surface area (Å²) >= 11 is 0. The Morgan fingerprint density at radius 2 is 1.87 bits per heavy atom. The molecule has 2 amide bonds. The predicted molar refractivity (Wildman–Crippen MR) is 112 cm³/mol. The van der Waals surface area contributed by atoms with E-state index in [2.05, 4.69) is 15.5 Å². The molecule has 31 heavy (non-hydrogen) atoms. The molecule has 0 spiro atoms. The number of rotatable bonds is 5. The van der Waals surface area contributed by atoms with Crippen molar-refractivity contribution in [1.29, 1.82) is 0 Å². The molecule has 0 saturated carbocycles. The summed E-state index contributed by atoms with van der Waals surface area (Å²) in [7, 11) is 0. The second-order valence-corrected chi connectivity index (χ2v) is 7.87. The Bertz CT molecular complexity index is 1140. The van der Waals surface area contributed by atoms with Gasteiger partial charge in [-0.25, -0.2) is 13.6 Å². The molecule has 0 fully saturated rings. The largest absolute Gasteiger partial charge is 0.334 e. The van der Waals surface area contributed by atoms with Gasteiger partial charge in [0.1, 0.15) is 11.6 Å². The van der Waals surface area contributed by atoms with Crippen LogP contribution in [-0.2, 0) is 0 Å². The van der Waals surface area contributed by atoms with Crippen LogP contribution in [0.15, 0.2) is 58.8 Å². The summed E-state index contributed by atoms with van der Waals surface area (Å²) in [4.78, 5) is 18.9. The quantitative estimate of drug-likeness (QED) is 0.614. The van der Waals surface area contributed by atoms with Gasteiger partial charge in [-0.05, 0) is 54.8 Å². The van der Waals surface area contributed by atoms with Crippen LogP contribution >= 0.6 is 0 Å². The minimum atomic E-state index is -0.659. The van der Waals surface area contributed by atoms with Crippen LogP contribution in [0, 0.1) is 17.6 Å². The first-order valence-electron chi connectivity index (χ1n) is 9.97. The highest BCUT2D eigenvalue weighted by atomic mass is 19.1. The van der Waals surface area contributed by atoms with Crippen LogP contribution in [0.25, 0.3) is 17.0 Å². The van der Waals surface area contributed by atoms with E-state index in [9.17, 15) is 13.6 Å². The molecule has 4 rings (SSSR count). The molecule has 0 saturated heterocycles. The number of nitrogens with one attached hydrogen (secondary N) is 1. The molecule has 0 bridgehead atoms. The van der Waals surface area contributed by atoms with E-state index in [0.29, 0.717) is 34.8 Å². The number of hydrogen-bond acceptors (Lipinski definition) is 4. The normalized spacial score (nSPS) is 16.8. The molecule has 1 unspecified atom stereocenters. The third-order valence-corrected chi connectivity index (χ3v) is 5.08. The smallest absolute Gasteiger partial charge is 0.322 e. The molecule has 8 heteroatoms. The molecule has 160 valence electrons. The van der Waals surface area contributed by atoms with Gasteiger partial charge in [0.15, 0.2) is 0 Å². The summed E-state index contributed by atoms with van der Waals surface area (Å²) in [6, 6.07) is 10.8. The summed E-state index contributed by atoms with van der Waals surface area (Å²) in [5, 5.41) is 6.96. The summed E-state index contributed by atoms with van der Waals surface area (Å²) in [5.41, 5.74) is 2.40. The Morgan fingerprint density at radius 3 is 2.55 bits per heavy atom. The third-order valence-electron chi connectivity index (χ3n) is 5.08. The van der Waals surface area contributed by atoms with Crippen molar-refractivity contribution in [1.82, 2.24) is 20.4 Å². The molecule has 2 aromatic carbocycles. The van der Waals surface area contributed by atoms with Gasteiger partial charge in [-0.2, -0.15) is 4.98 Å². The zero-order valence-corrected chi connectivity index (χ0v) is 17.4. The number of allylic oxidation sites excluding steroid dienone is 1. The van der Waals surface area contributed by atoms with Crippen LogP contribution in [-0.4, -0.2) is 27.6 Å². The Kier molecular flexibility index (Phi) is 5.54. The van der Waals surface area contributed by atoms with Crippen molar-refractivity contribution < 1.29 is 18.1 Å². The van der Waals surface area contributed by atoms with Gasteiger partial charge in [0, 0.05) is 17.8 Å². The molecule has 1 aromatic heterocycles. The van der Waals surface area contributed by atoms with E-state index in [-0.39, 0.29) is 23.7 Å². The maximum absolute atomic E-state index is 13.9. The average Bonchev–Trinajstić information content (AvgIpc) is 3.20. The standard InChI is InChI=1S/C23H22F2N4O2/c1-13(2)12-29-14(3)19(20(26-23(29)30)16-5-4-6-18(25)11-16)22-27-21(28-31-22)15-7-9-17(24)10-8-15/h4-11,13,20H,12H2,1-3H3,(H,26,30). The highest BCUT2D eigenvalue weighted by Crippen LogP contribution is 2.37. The molecule has 1 N–H and O–H groups in total. The zero-order valence-electron chi connectivity index (χ0n) is 17.4. The maximum Gasteiger partial charge on any atom is 0.322 e. The van der Waals surface area contributed by atoms with Crippen molar-refractivity contribution in [3.63, 3.8) is 0 Å². The highest BCUT2D eigenvalue weighted by molar-refractivity contribution is 5.86. The Labute approximate surface area is 178 Å². The fourth-order valence-electron chi connectivity index (χ4n) is 3.63. The Morgan fingerprint density at radius 1 is 1.13 bits per heavy atom. The molecular formula is C23H22F2N4O2. The summed E-state index contributed by atoms with van der Waals surface area (Å²) in [5.74, 6) is -0.0482. The first-order valence-corrected chi connectivity index (χ1v) is 9.97. The lowest BCUT2D eigenvalue weighted by atomic mass is 9.94. The molecular weight excluding hydrogens is 402 g/mol. The number of halogens is 2. The fraction of sp³-hybridized carbons (Fsp3) is 0.261. The zero-order chi connectivity index (χ0) is 22.1. The van der Waals surface area contributed by atoms with Gasteiger partial charge in [0.2, 0.25) is 5.82 Å². The fourth-order valence-corrected chi connectivity index (χ4v) is 3.63. The molecule has 3 aromatic rings. The van der Waals surface area contributed by atoms with Crippen LogP contribution in [0.5, 0.6) is 0 Å². The monoisotopic (exact) mass is 424 g/mol. The molecule has 2 heterocycles. The second-order valence-electron chi connectivity index (χ2n) is 7.87. The van der Waals surface area contributed by atoms with Crippen molar-refractivity contribution in [3.8, 4) is 11.4 Å². The molecule has 1 aliphatic heterocycles. The Hall–Kier alpha value is -3.55. The molecule has 1 atom stereocenters. The highest BCUT2D eigenvalue weighted by Gasteiger charge is 2.36. The topological polar surface area (TPSA) is 71.3 Å². The minimum absolute atomic E-state index is 0.208. The number of amides is 2. The van der Waals surface area contributed by atoms with Gasteiger partial charge in [0.05, 0.1) is 11.6 Å². The van der Waals surface area contributed by atoms with Crippen molar-refractivity contribution in [2.24, 2.45) is 5.92 Å². The van der Waals surface area contributed by atoms with E-state index in [1.165, 1.54) is 24.3 Å². The number of aromatic nitrogens is 2. The molecule has 1 aliphatic rings. The van der Waals surface area contributed by atoms with Crippen molar-refractivity contribution in [2.75, 3.05) is 6.54 Å². The summed E-state index contributed by atoms with van der Waals surface area (Å²) in [6.07, 6.45) is 0. The van der Waals surface area contributed by atoms with E-state index >= 15 is 0 Å². The number of urea groups is 1. The molecule has 6 nitrogen and oxygen atoms in total. The van der Waals surface area contributed by atoms with Gasteiger partial charge in [-0.1, -0.05) is 31.1 Å². The number of carbonyl (C=O) groups is 1. The lowest BCUT2D eigenvalue weighted by Gasteiger charge is -2.36. The number of benzene rings is 2. The van der Waals surface area contributed by atoms with Crippen molar-refractivity contribution >= 4 is 11.6 Å². The van der Waals surface area contributed by atoms with Crippen molar-refractivity contribution in [3.05, 3.63) is 77.3 Å². The van der Waals surface area contributed by atoms with Crippen LogP contribution in [0.4, 0.5) is 13.6 Å². The van der Waals surface area contributed by atoms with Gasteiger partial charge in [-0.3, -0.25) is 4.90 Å². The second kappa shape index (κ2) is 8.29.